The van der Waals surface area contributed by atoms with Crippen LogP contribution in [0.25, 0.3) is 10.9 Å². The lowest BCUT2D eigenvalue weighted by atomic mass is 10.1. The number of rotatable bonds is 7. The van der Waals surface area contributed by atoms with Gasteiger partial charge in [0.05, 0.1) is 33.2 Å². The van der Waals surface area contributed by atoms with Crippen LogP contribution in [-0.4, -0.2) is 33.7 Å². The molecule has 2 atom stereocenters. The number of sulfone groups is 1. The standard InChI is InChI=1S/C29H29N5O4S/c1-29(2,3)39(36,37)23-11-9-21(10-12-23)32-27-26-24(34(33-27)25-16-22(35)15-20(25)17-30)13-14-31-28(26)38-18-19-7-5-4-6-8-19/h4-14,20,25H,15-16,18H2,1-3H3,(H,32,33)/t20-,25-/m0/s1. The van der Waals surface area contributed by atoms with Crippen LogP contribution in [0.2, 0.25) is 0 Å². The molecule has 1 fully saturated rings. The number of pyridine rings is 1. The second-order valence-electron chi connectivity index (χ2n) is 10.6. The molecule has 1 saturated carbocycles. The van der Waals surface area contributed by atoms with E-state index < -0.39 is 26.5 Å². The Bertz CT molecular complexity index is 1670. The van der Waals surface area contributed by atoms with E-state index in [0.29, 0.717) is 34.9 Å². The van der Waals surface area contributed by atoms with Crippen LogP contribution in [0.15, 0.2) is 71.8 Å². The molecule has 0 radical (unpaired) electrons. The number of nitrogens with one attached hydrogen (secondary N) is 1. The van der Waals surface area contributed by atoms with Crippen LogP contribution < -0.4 is 10.1 Å². The quantitative estimate of drug-likeness (QED) is 0.330. The number of nitriles is 1. The summed E-state index contributed by atoms with van der Waals surface area (Å²) < 4.78 is 32.6. The monoisotopic (exact) mass is 543 g/mol. The number of nitrogens with zero attached hydrogens (tertiary/aromatic N) is 4. The topological polar surface area (TPSA) is 127 Å². The number of carbonyl (C=O) groups is 1. The van der Waals surface area contributed by atoms with Crippen LogP contribution in [0.1, 0.15) is 45.2 Å². The fourth-order valence-corrected chi connectivity index (χ4v) is 5.87. The number of hydrogen-bond donors (Lipinski definition) is 1. The van der Waals surface area contributed by atoms with Crippen molar-refractivity contribution in [2.45, 2.75) is 55.9 Å². The first kappa shape index (κ1) is 26.4. The van der Waals surface area contributed by atoms with E-state index in [4.69, 9.17) is 9.84 Å². The molecule has 0 amide bonds. The lowest BCUT2D eigenvalue weighted by Gasteiger charge is -2.19. The van der Waals surface area contributed by atoms with E-state index >= 15 is 0 Å². The van der Waals surface area contributed by atoms with Gasteiger partial charge in [-0.1, -0.05) is 30.3 Å². The van der Waals surface area contributed by atoms with Crippen molar-refractivity contribution < 1.29 is 17.9 Å². The predicted octanol–water partition coefficient (Wildman–Crippen LogP) is 5.37. The van der Waals surface area contributed by atoms with Crippen molar-refractivity contribution in [3.63, 3.8) is 0 Å². The highest BCUT2D eigenvalue weighted by atomic mass is 32.2. The van der Waals surface area contributed by atoms with Gasteiger partial charge in [0.1, 0.15) is 17.8 Å². The molecule has 1 aliphatic rings. The van der Waals surface area contributed by atoms with E-state index in [9.17, 15) is 18.5 Å². The molecule has 0 saturated heterocycles. The molecule has 200 valence electrons. The van der Waals surface area contributed by atoms with Crippen molar-refractivity contribution in [3.8, 4) is 11.9 Å². The number of aromatic nitrogens is 3. The molecule has 1 aliphatic carbocycles. The summed E-state index contributed by atoms with van der Waals surface area (Å²) in [5.74, 6) is 0.325. The van der Waals surface area contributed by atoms with Crippen molar-refractivity contribution in [1.29, 1.82) is 5.26 Å². The fraction of sp³-hybridized carbons (Fsp3) is 0.310. The summed E-state index contributed by atoms with van der Waals surface area (Å²) in [5.41, 5.74) is 2.27. The van der Waals surface area contributed by atoms with Gasteiger partial charge in [0.15, 0.2) is 15.7 Å². The summed E-state index contributed by atoms with van der Waals surface area (Å²) in [5, 5.41) is 18.4. The Morgan fingerprint density at radius 3 is 2.46 bits per heavy atom. The molecule has 10 heteroatoms. The number of anilines is 2. The zero-order valence-corrected chi connectivity index (χ0v) is 22.8. The predicted molar refractivity (Wildman–Crippen MR) is 147 cm³/mol. The summed E-state index contributed by atoms with van der Waals surface area (Å²) in [6, 6.07) is 19.8. The molecule has 5 rings (SSSR count). The number of ether oxygens (including phenoxy) is 1. The minimum absolute atomic E-state index is 0.0231. The van der Waals surface area contributed by atoms with Crippen LogP contribution in [0.3, 0.4) is 0 Å². The number of benzene rings is 2. The Hall–Kier alpha value is -4.23. The van der Waals surface area contributed by atoms with Gasteiger partial charge in [-0.05, 0) is 56.7 Å². The van der Waals surface area contributed by atoms with Gasteiger partial charge in [0, 0.05) is 24.7 Å². The molecule has 1 N–H and O–H groups in total. The number of Topliss-reactive ketones (excluding diaryl/α,β-unsaturated/α-hetero) is 1. The maximum Gasteiger partial charge on any atom is 0.227 e. The van der Waals surface area contributed by atoms with E-state index in [1.807, 2.05) is 30.3 Å². The summed E-state index contributed by atoms with van der Waals surface area (Å²) in [6.45, 7) is 5.29. The van der Waals surface area contributed by atoms with Crippen molar-refractivity contribution in [1.82, 2.24) is 14.8 Å². The van der Waals surface area contributed by atoms with Gasteiger partial charge in [-0.3, -0.25) is 9.48 Å². The summed E-state index contributed by atoms with van der Waals surface area (Å²) in [7, 11) is -3.50. The normalized spacial score (nSPS) is 17.7. The van der Waals surface area contributed by atoms with Crippen LogP contribution >= 0.6 is 0 Å². The van der Waals surface area contributed by atoms with E-state index in [1.165, 1.54) is 0 Å². The maximum absolute atomic E-state index is 12.9. The lowest BCUT2D eigenvalue weighted by molar-refractivity contribution is -0.117. The largest absolute Gasteiger partial charge is 0.472 e. The second-order valence-corrected chi connectivity index (χ2v) is 13.3. The molecular weight excluding hydrogens is 514 g/mol. The van der Waals surface area contributed by atoms with Crippen molar-refractivity contribution in [2.24, 2.45) is 5.92 Å². The van der Waals surface area contributed by atoms with Gasteiger partial charge in [0.2, 0.25) is 5.88 Å². The Morgan fingerprint density at radius 1 is 1.08 bits per heavy atom. The molecule has 0 aliphatic heterocycles. The molecular formula is C29H29N5O4S. The molecule has 2 aromatic heterocycles. The van der Waals surface area contributed by atoms with Crippen molar-refractivity contribution in [3.05, 3.63) is 72.4 Å². The van der Waals surface area contributed by atoms with Gasteiger partial charge < -0.3 is 10.1 Å². The molecule has 9 nitrogen and oxygen atoms in total. The minimum Gasteiger partial charge on any atom is -0.472 e. The summed E-state index contributed by atoms with van der Waals surface area (Å²) in [4.78, 5) is 16.9. The third-order valence-corrected chi connectivity index (χ3v) is 9.37. The lowest BCUT2D eigenvalue weighted by Crippen LogP contribution is -2.27. The molecule has 0 unspecified atom stereocenters. The smallest absolute Gasteiger partial charge is 0.227 e. The van der Waals surface area contributed by atoms with Crippen LogP contribution in [-0.2, 0) is 21.2 Å². The van der Waals surface area contributed by atoms with Gasteiger partial charge in [-0.2, -0.15) is 10.4 Å². The first-order valence-corrected chi connectivity index (χ1v) is 14.1. The summed E-state index contributed by atoms with van der Waals surface area (Å²) in [6.07, 6.45) is 2.03. The first-order valence-electron chi connectivity index (χ1n) is 12.7. The Morgan fingerprint density at radius 2 is 1.79 bits per heavy atom. The Labute approximate surface area is 227 Å². The number of hydrogen-bond acceptors (Lipinski definition) is 8. The van der Waals surface area contributed by atoms with E-state index in [-0.39, 0.29) is 23.5 Å². The zero-order valence-electron chi connectivity index (χ0n) is 22.0. The maximum atomic E-state index is 12.9. The first-order chi connectivity index (χ1) is 18.6. The summed E-state index contributed by atoms with van der Waals surface area (Å²) >= 11 is 0. The van der Waals surface area contributed by atoms with Gasteiger partial charge in [-0.15, -0.1) is 0 Å². The molecule has 0 bridgehead atoms. The third kappa shape index (κ3) is 5.10. The van der Waals surface area contributed by atoms with Gasteiger partial charge >= 0.3 is 0 Å². The SMILES string of the molecule is CC(C)(C)S(=O)(=O)c1ccc(Nc2nn([C@H]3CC(=O)C[C@H]3C#N)c3ccnc(OCc4ccccc4)c23)cc1. The van der Waals surface area contributed by atoms with Gasteiger partial charge in [0.25, 0.3) is 0 Å². The Balaban J connectivity index is 1.55. The van der Waals surface area contributed by atoms with E-state index in [0.717, 1.165) is 5.56 Å². The van der Waals surface area contributed by atoms with Crippen molar-refractivity contribution >= 4 is 38.0 Å². The second kappa shape index (κ2) is 10.2. The molecule has 39 heavy (non-hydrogen) atoms. The molecule has 0 spiro atoms. The highest BCUT2D eigenvalue weighted by Crippen LogP contribution is 2.40. The number of ketones is 1. The van der Waals surface area contributed by atoms with Crippen LogP contribution in [0.4, 0.5) is 11.5 Å². The third-order valence-electron chi connectivity index (χ3n) is 6.87. The fourth-order valence-electron chi connectivity index (χ4n) is 4.67. The number of fused-ring (bicyclic) bond motifs is 1. The molecule has 2 aromatic carbocycles. The van der Waals surface area contributed by atoms with E-state index in [1.54, 1.807) is 62.0 Å². The molecule has 4 aromatic rings. The van der Waals surface area contributed by atoms with Crippen LogP contribution in [0, 0.1) is 17.2 Å². The highest BCUT2D eigenvalue weighted by molar-refractivity contribution is 7.92. The van der Waals surface area contributed by atoms with E-state index in [2.05, 4.69) is 16.4 Å². The minimum atomic E-state index is -3.50. The Kier molecular flexibility index (Phi) is 6.87. The van der Waals surface area contributed by atoms with Crippen molar-refractivity contribution in [2.75, 3.05) is 5.32 Å². The zero-order chi connectivity index (χ0) is 27.8. The number of carbonyl (C=O) groups excluding carboxylic acids is 1. The molecule has 2 heterocycles. The van der Waals surface area contributed by atoms with Gasteiger partial charge in [-0.25, -0.2) is 13.4 Å². The average Bonchev–Trinajstić information content (AvgIpc) is 3.47. The van der Waals surface area contributed by atoms with Crippen LogP contribution in [0.5, 0.6) is 5.88 Å². The average molecular weight is 544 g/mol. The highest BCUT2D eigenvalue weighted by Gasteiger charge is 2.37.